The van der Waals surface area contributed by atoms with Gasteiger partial charge in [0.25, 0.3) is 10.0 Å². The first-order chi connectivity index (χ1) is 21.1. The molecule has 0 aliphatic heterocycles. The molecule has 6 rings (SSSR count). The van der Waals surface area contributed by atoms with Crippen LogP contribution in [-0.4, -0.2) is 49.6 Å². The van der Waals surface area contributed by atoms with E-state index in [1.165, 1.54) is 10.2 Å². The minimum atomic E-state index is -3.91. The average molecular weight is 630 g/mol. The van der Waals surface area contributed by atoms with E-state index in [0.29, 0.717) is 23.3 Å². The third kappa shape index (κ3) is 5.94. The number of aromatic nitrogens is 4. The summed E-state index contributed by atoms with van der Waals surface area (Å²) in [6.45, 7) is 10.9. The Hall–Kier alpha value is -4.22. The zero-order valence-corrected chi connectivity index (χ0v) is 27.2. The predicted molar refractivity (Wildman–Crippen MR) is 173 cm³/mol. The first-order valence-corrected chi connectivity index (χ1v) is 16.6. The van der Waals surface area contributed by atoms with Gasteiger partial charge in [0.15, 0.2) is 5.65 Å². The highest BCUT2D eigenvalue weighted by atomic mass is 32.2. The number of carbonyl (C=O) groups excluding carboxylic acids is 1. The minimum absolute atomic E-state index is 0.00973. The molecule has 0 bridgehead atoms. The van der Waals surface area contributed by atoms with Crippen molar-refractivity contribution in [1.82, 2.24) is 23.7 Å². The number of benzene rings is 2. The fraction of sp³-hybridized carbons (Fsp3) is 0.382. The van der Waals surface area contributed by atoms with E-state index in [2.05, 4.69) is 10.3 Å². The van der Waals surface area contributed by atoms with Gasteiger partial charge in [0.1, 0.15) is 11.4 Å². The number of nitrogens with zero attached hydrogens (tertiary/aromatic N) is 4. The second-order valence-corrected chi connectivity index (χ2v) is 15.2. The third-order valence-corrected chi connectivity index (χ3v) is 9.94. The fourth-order valence-electron chi connectivity index (χ4n) is 6.00. The van der Waals surface area contributed by atoms with Crippen molar-refractivity contribution in [1.29, 1.82) is 0 Å². The SMILES string of the molecule is Cc1ccc(S(=O)(=O)n2ccc3c2ncc2c(-c4ccc(C(C)(C)O)cc4)nc([C@@H]4CC[C@H](NC(=O)OC(C)(C)C)C4)n23)cc1. The molecular formula is C34H39N5O5S. The lowest BCUT2D eigenvalue weighted by Gasteiger charge is -2.21. The number of hydrogen-bond acceptors (Lipinski definition) is 7. The lowest BCUT2D eigenvalue weighted by molar-refractivity contribution is 0.0505. The Kier molecular flexibility index (Phi) is 7.52. The van der Waals surface area contributed by atoms with E-state index in [1.807, 2.05) is 56.4 Å². The monoisotopic (exact) mass is 629 g/mol. The molecule has 3 aromatic heterocycles. The van der Waals surface area contributed by atoms with Crippen LogP contribution in [-0.2, 0) is 20.4 Å². The molecule has 0 radical (unpaired) electrons. The molecule has 236 valence electrons. The highest BCUT2D eigenvalue weighted by Gasteiger charge is 2.33. The summed E-state index contributed by atoms with van der Waals surface area (Å²) in [6.07, 6.45) is 4.95. The van der Waals surface area contributed by atoms with Gasteiger partial charge in [-0.2, -0.15) is 0 Å². The standard InChI is InChI=1S/C34H39N5O5S/c1-21-7-15-26(16-8-21)45(42,43)38-18-17-27-31(38)35-20-28-29(22-9-12-24(13-10-22)34(5,6)41)37-30(39(27)28)23-11-14-25(19-23)36-32(40)44-33(2,3)4/h7-10,12-13,15-18,20,23,25,41H,11,14,19H2,1-6H3,(H,36,40)/t23-,25+/m1/s1. The number of nitrogens with one attached hydrogen (secondary N) is 1. The number of ether oxygens (including phenoxy) is 1. The van der Waals surface area contributed by atoms with Crippen LogP contribution in [0.2, 0.25) is 0 Å². The molecule has 0 spiro atoms. The van der Waals surface area contributed by atoms with Gasteiger partial charge in [-0.3, -0.25) is 4.40 Å². The van der Waals surface area contributed by atoms with Crippen LogP contribution in [0.25, 0.3) is 27.9 Å². The van der Waals surface area contributed by atoms with Gasteiger partial charge < -0.3 is 15.2 Å². The Morgan fingerprint density at radius 1 is 0.978 bits per heavy atom. The molecule has 1 amide bonds. The number of carbonyl (C=O) groups is 1. The number of amides is 1. The van der Waals surface area contributed by atoms with Gasteiger partial charge in [-0.05, 0) is 84.6 Å². The van der Waals surface area contributed by atoms with Crippen LogP contribution in [0.5, 0.6) is 0 Å². The number of rotatable bonds is 6. The summed E-state index contributed by atoms with van der Waals surface area (Å²) >= 11 is 0. The van der Waals surface area contributed by atoms with E-state index in [4.69, 9.17) is 9.72 Å². The first kappa shape index (κ1) is 30.8. The topological polar surface area (TPSA) is 128 Å². The van der Waals surface area contributed by atoms with Crippen molar-refractivity contribution in [2.75, 3.05) is 0 Å². The summed E-state index contributed by atoms with van der Waals surface area (Å²) in [5.41, 5.74) is 3.37. The highest BCUT2D eigenvalue weighted by Crippen LogP contribution is 2.39. The normalized spacial score (nSPS) is 17.7. The minimum Gasteiger partial charge on any atom is -0.444 e. The average Bonchev–Trinajstić information content (AvgIpc) is 3.68. The number of aliphatic hydroxyl groups is 1. The maximum Gasteiger partial charge on any atom is 0.407 e. The zero-order valence-electron chi connectivity index (χ0n) is 26.4. The summed E-state index contributed by atoms with van der Waals surface area (Å²) in [4.78, 5) is 22.5. The molecule has 0 unspecified atom stereocenters. The maximum absolute atomic E-state index is 13.7. The number of aryl methyl sites for hydroxylation is 1. The molecule has 1 aliphatic rings. The van der Waals surface area contributed by atoms with Crippen molar-refractivity contribution >= 4 is 32.8 Å². The van der Waals surface area contributed by atoms with Crippen molar-refractivity contribution in [2.24, 2.45) is 0 Å². The fourth-order valence-corrected chi connectivity index (χ4v) is 7.30. The first-order valence-electron chi connectivity index (χ1n) is 15.2. The van der Waals surface area contributed by atoms with E-state index >= 15 is 0 Å². The molecule has 2 aromatic carbocycles. The van der Waals surface area contributed by atoms with Crippen molar-refractivity contribution in [2.45, 2.75) is 88.9 Å². The summed E-state index contributed by atoms with van der Waals surface area (Å²) in [5, 5.41) is 13.5. The molecule has 2 N–H and O–H groups in total. The van der Waals surface area contributed by atoms with Gasteiger partial charge >= 0.3 is 6.09 Å². The Bertz CT molecular complexity index is 2000. The molecule has 10 nitrogen and oxygen atoms in total. The van der Waals surface area contributed by atoms with Gasteiger partial charge in [-0.15, -0.1) is 0 Å². The lowest BCUT2D eigenvalue weighted by atomic mass is 9.97. The van der Waals surface area contributed by atoms with Gasteiger partial charge in [0.05, 0.1) is 33.4 Å². The van der Waals surface area contributed by atoms with Crippen molar-refractivity contribution in [3.63, 3.8) is 0 Å². The van der Waals surface area contributed by atoms with E-state index in [0.717, 1.165) is 40.9 Å². The lowest BCUT2D eigenvalue weighted by Crippen LogP contribution is -2.37. The van der Waals surface area contributed by atoms with Crippen molar-refractivity contribution in [3.05, 3.63) is 83.9 Å². The van der Waals surface area contributed by atoms with Crippen LogP contribution in [0, 0.1) is 6.92 Å². The maximum atomic E-state index is 13.7. The van der Waals surface area contributed by atoms with Gasteiger partial charge in [-0.1, -0.05) is 42.0 Å². The number of alkyl carbamates (subject to hydrolysis) is 1. The van der Waals surface area contributed by atoms with Crippen molar-refractivity contribution in [3.8, 4) is 11.3 Å². The molecule has 2 atom stereocenters. The van der Waals surface area contributed by atoms with Crippen LogP contribution in [0.15, 0.2) is 71.9 Å². The Labute approximate surface area is 263 Å². The Morgan fingerprint density at radius 3 is 2.31 bits per heavy atom. The second kappa shape index (κ2) is 11.0. The quantitative estimate of drug-likeness (QED) is 0.226. The highest BCUT2D eigenvalue weighted by molar-refractivity contribution is 7.90. The van der Waals surface area contributed by atoms with Crippen LogP contribution in [0.1, 0.15) is 76.8 Å². The summed E-state index contributed by atoms with van der Waals surface area (Å²) in [5.74, 6) is 0.766. The van der Waals surface area contributed by atoms with E-state index in [9.17, 15) is 18.3 Å². The predicted octanol–water partition coefficient (Wildman–Crippen LogP) is 6.28. The summed E-state index contributed by atoms with van der Waals surface area (Å²) in [6, 6.07) is 16.0. The van der Waals surface area contributed by atoms with Crippen LogP contribution in [0.4, 0.5) is 4.79 Å². The second-order valence-electron chi connectivity index (χ2n) is 13.4. The smallest absolute Gasteiger partial charge is 0.407 e. The molecule has 1 aliphatic carbocycles. The Balaban J connectivity index is 1.46. The van der Waals surface area contributed by atoms with Gasteiger partial charge in [0.2, 0.25) is 0 Å². The summed E-state index contributed by atoms with van der Waals surface area (Å²) in [7, 11) is -3.91. The van der Waals surface area contributed by atoms with Crippen LogP contribution < -0.4 is 5.32 Å². The summed E-state index contributed by atoms with van der Waals surface area (Å²) < 4.78 is 36.1. The van der Waals surface area contributed by atoms with E-state index in [1.54, 1.807) is 50.4 Å². The Morgan fingerprint density at radius 2 is 1.67 bits per heavy atom. The zero-order chi connectivity index (χ0) is 32.3. The van der Waals surface area contributed by atoms with Gasteiger partial charge in [-0.25, -0.2) is 27.2 Å². The number of fused-ring (bicyclic) bond motifs is 3. The molecule has 5 aromatic rings. The van der Waals surface area contributed by atoms with Crippen molar-refractivity contribution < 1.29 is 23.1 Å². The molecule has 45 heavy (non-hydrogen) atoms. The molecule has 1 saturated carbocycles. The third-order valence-electron chi connectivity index (χ3n) is 8.26. The molecule has 1 fully saturated rings. The molecule has 11 heteroatoms. The van der Waals surface area contributed by atoms with Crippen LogP contribution >= 0.6 is 0 Å². The largest absolute Gasteiger partial charge is 0.444 e. The van der Waals surface area contributed by atoms with E-state index in [-0.39, 0.29) is 16.9 Å². The molecular weight excluding hydrogens is 590 g/mol. The van der Waals surface area contributed by atoms with E-state index < -0.39 is 27.3 Å². The number of hydrogen-bond donors (Lipinski definition) is 2. The molecule has 0 saturated heterocycles. The van der Waals surface area contributed by atoms with Crippen LogP contribution in [0.3, 0.4) is 0 Å². The van der Waals surface area contributed by atoms with Gasteiger partial charge in [0, 0.05) is 23.7 Å². The number of imidazole rings is 1. The molecule has 3 heterocycles.